The topological polar surface area (TPSA) is 59.6 Å². The first kappa shape index (κ1) is 13.0. The molecule has 4 nitrogen and oxygen atoms in total. The zero-order valence-electron chi connectivity index (χ0n) is 9.50. The number of nitrogens with zero attached hydrogens (tertiary/aromatic N) is 1. The molecule has 0 spiro atoms. The van der Waals surface area contributed by atoms with Crippen LogP contribution in [0, 0.1) is 0 Å². The van der Waals surface area contributed by atoms with Gasteiger partial charge in [-0.1, -0.05) is 0 Å². The van der Waals surface area contributed by atoms with Crippen molar-refractivity contribution in [2.75, 3.05) is 6.26 Å². The van der Waals surface area contributed by atoms with Gasteiger partial charge in [-0.05, 0) is 46.3 Å². The van der Waals surface area contributed by atoms with Crippen molar-refractivity contribution < 1.29 is 12.8 Å². The molecular formula is C12H10BrNO3S. The summed E-state index contributed by atoms with van der Waals surface area (Å²) in [6, 6.07) is 8.13. The Labute approximate surface area is 113 Å². The molecule has 0 aliphatic heterocycles. The summed E-state index contributed by atoms with van der Waals surface area (Å²) in [5.74, 6) is 0.620. The normalized spacial score (nSPS) is 12.1. The molecule has 94 valence electrons. The van der Waals surface area contributed by atoms with Gasteiger partial charge in [0.15, 0.2) is 9.84 Å². The van der Waals surface area contributed by atoms with Gasteiger partial charge in [0.25, 0.3) is 0 Å². The second-order valence-corrected chi connectivity index (χ2v) is 6.62. The Morgan fingerprint density at radius 1 is 1.28 bits per heavy atom. The minimum Gasteiger partial charge on any atom is -0.462 e. The van der Waals surface area contributed by atoms with Crippen LogP contribution in [-0.4, -0.2) is 20.9 Å². The fourth-order valence-corrected chi connectivity index (χ4v) is 2.26. The molecule has 0 amide bonds. The summed E-state index contributed by atoms with van der Waals surface area (Å²) in [6.45, 7) is 0. The van der Waals surface area contributed by atoms with Crippen molar-refractivity contribution in [2.45, 2.75) is 4.90 Å². The Hall–Kier alpha value is -1.40. The Morgan fingerprint density at radius 3 is 2.44 bits per heavy atom. The first-order valence-electron chi connectivity index (χ1n) is 5.03. The number of hydrogen-bond acceptors (Lipinski definition) is 4. The smallest absolute Gasteiger partial charge is 0.175 e. The van der Waals surface area contributed by atoms with Crippen LogP contribution in [0.5, 0.6) is 0 Å². The van der Waals surface area contributed by atoms with E-state index < -0.39 is 9.84 Å². The van der Waals surface area contributed by atoms with Gasteiger partial charge in [-0.2, -0.15) is 0 Å². The van der Waals surface area contributed by atoms with Crippen LogP contribution >= 0.6 is 15.9 Å². The third kappa shape index (κ3) is 3.30. The minimum absolute atomic E-state index is 0.280. The Morgan fingerprint density at radius 2 is 1.94 bits per heavy atom. The number of rotatable bonds is 3. The Bertz CT molecular complexity index is 672. The van der Waals surface area contributed by atoms with Crippen LogP contribution in [0.1, 0.15) is 5.76 Å². The first-order valence-corrected chi connectivity index (χ1v) is 7.72. The maximum absolute atomic E-state index is 11.3. The largest absolute Gasteiger partial charge is 0.462 e. The third-order valence-corrected chi connectivity index (χ3v) is 3.74. The van der Waals surface area contributed by atoms with Crippen LogP contribution in [0.2, 0.25) is 0 Å². The monoisotopic (exact) mass is 327 g/mol. The molecule has 6 heteroatoms. The summed E-state index contributed by atoms with van der Waals surface area (Å²) in [7, 11) is -3.16. The molecule has 0 radical (unpaired) electrons. The predicted octanol–water partition coefficient (Wildman–Crippen LogP) is 3.20. The third-order valence-electron chi connectivity index (χ3n) is 2.19. The molecular weight excluding hydrogens is 318 g/mol. The molecule has 0 bridgehead atoms. The van der Waals surface area contributed by atoms with Crippen molar-refractivity contribution in [3.63, 3.8) is 0 Å². The number of aliphatic imine (C=N–C) groups is 1. The number of benzene rings is 1. The van der Waals surface area contributed by atoms with Crippen molar-refractivity contribution >= 4 is 37.7 Å². The second-order valence-electron chi connectivity index (χ2n) is 3.69. The molecule has 1 aromatic carbocycles. The standard InChI is InChI=1S/C12H10BrNO3S/c1-18(15,16)12-4-2-10(3-5-12)14-7-11-6-9(13)8-17-11/h2-8H,1H3. The zero-order chi connectivity index (χ0) is 13.2. The van der Waals surface area contributed by atoms with Gasteiger partial charge in [-0.25, -0.2) is 8.42 Å². The lowest BCUT2D eigenvalue weighted by atomic mass is 10.3. The van der Waals surface area contributed by atoms with E-state index in [4.69, 9.17) is 4.42 Å². The fraction of sp³-hybridized carbons (Fsp3) is 0.0833. The highest BCUT2D eigenvalue weighted by Gasteiger charge is 2.05. The van der Waals surface area contributed by atoms with Gasteiger partial charge in [0.1, 0.15) is 12.0 Å². The highest BCUT2D eigenvalue weighted by Crippen LogP contribution is 2.17. The lowest BCUT2D eigenvalue weighted by Crippen LogP contribution is -1.95. The van der Waals surface area contributed by atoms with Crippen LogP contribution in [0.4, 0.5) is 5.69 Å². The SMILES string of the molecule is CS(=O)(=O)c1ccc(N=Cc2cc(Br)co2)cc1. The molecule has 2 rings (SSSR count). The molecule has 0 fully saturated rings. The summed E-state index contributed by atoms with van der Waals surface area (Å²) in [6.07, 6.45) is 4.31. The van der Waals surface area contributed by atoms with Crippen LogP contribution in [0.15, 0.2) is 55.4 Å². The second kappa shape index (κ2) is 5.07. The molecule has 18 heavy (non-hydrogen) atoms. The van der Waals surface area contributed by atoms with Gasteiger partial charge in [-0.3, -0.25) is 4.99 Å². The molecule has 0 atom stereocenters. The van der Waals surface area contributed by atoms with E-state index in [1.807, 2.05) is 0 Å². The number of hydrogen-bond donors (Lipinski definition) is 0. The lowest BCUT2D eigenvalue weighted by molar-refractivity contribution is 0.559. The van der Waals surface area contributed by atoms with Crippen LogP contribution in [-0.2, 0) is 9.84 Å². The van der Waals surface area contributed by atoms with Gasteiger partial charge >= 0.3 is 0 Å². The maximum atomic E-state index is 11.3. The van der Waals surface area contributed by atoms with E-state index in [-0.39, 0.29) is 4.90 Å². The van der Waals surface area contributed by atoms with E-state index >= 15 is 0 Å². The van der Waals surface area contributed by atoms with Crippen LogP contribution in [0.3, 0.4) is 0 Å². The van der Waals surface area contributed by atoms with E-state index in [9.17, 15) is 8.42 Å². The van der Waals surface area contributed by atoms with E-state index in [1.54, 1.807) is 30.7 Å². The van der Waals surface area contributed by atoms with Crippen molar-refractivity contribution in [2.24, 2.45) is 4.99 Å². The summed E-state index contributed by atoms with van der Waals surface area (Å²) in [5, 5.41) is 0. The van der Waals surface area contributed by atoms with Crippen molar-refractivity contribution in [1.82, 2.24) is 0 Å². The van der Waals surface area contributed by atoms with E-state index in [2.05, 4.69) is 20.9 Å². The van der Waals surface area contributed by atoms with Crippen molar-refractivity contribution in [3.8, 4) is 0 Å². The average Bonchev–Trinajstić information content (AvgIpc) is 2.72. The fourth-order valence-electron chi connectivity index (χ4n) is 1.31. The molecule has 0 aliphatic rings. The van der Waals surface area contributed by atoms with Crippen LogP contribution < -0.4 is 0 Å². The van der Waals surface area contributed by atoms with Crippen molar-refractivity contribution in [1.29, 1.82) is 0 Å². The Kier molecular flexibility index (Phi) is 3.68. The molecule has 0 unspecified atom stereocenters. The Balaban J connectivity index is 2.18. The zero-order valence-corrected chi connectivity index (χ0v) is 11.9. The summed E-state index contributed by atoms with van der Waals surface area (Å²) >= 11 is 3.27. The molecule has 0 saturated heterocycles. The van der Waals surface area contributed by atoms with Crippen LogP contribution in [0.25, 0.3) is 0 Å². The molecule has 0 N–H and O–H groups in total. The van der Waals surface area contributed by atoms with E-state index in [1.165, 1.54) is 18.4 Å². The molecule has 0 aliphatic carbocycles. The minimum atomic E-state index is -3.16. The predicted molar refractivity (Wildman–Crippen MR) is 73.2 cm³/mol. The molecule has 0 saturated carbocycles. The maximum Gasteiger partial charge on any atom is 0.175 e. The highest BCUT2D eigenvalue weighted by atomic mass is 79.9. The quantitative estimate of drug-likeness (QED) is 0.813. The molecule has 1 heterocycles. The van der Waals surface area contributed by atoms with Gasteiger partial charge in [0.2, 0.25) is 0 Å². The van der Waals surface area contributed by atoms with Crippen molar-refractivity contribution in [3.05, 3.63) is 46.8 Å². The van der Waals surface area contributed by atoms with Gasteiger partial charge < -0.3 is 4.42 Å². The molecule has 1 aromatic heterocycles. The molecule has 2 aromatic rings. The summed E-state index contributed by atoms with van der Waals surface area (Å²) in [5.41, 5.74) is 0.662. The number of halogens is 1. The highest BCUT2D eigenvalue weighted by molar-refractivity contribution is 9.10. The summed E-state index contributed by atoms with van der Waals surface area (Å²) in [4.78, 5) is 4.46. The van der Waals surface area contributed by atoms with E-state index in [0.29, 0.717) is 11.4 Å². The van der Waals surface area contributed by atoms with Gasteiger partial charge in [0.05, 0.1) is 21.3 Å². The number of sulfone groups is 1. The average molecular weight is 328 g/mol. The van der Waals surface area contributed by atoms with Gasteiger partial charge in [-0.15, -0.1) is 0 Å². The first-order chi connectivity index (χ1) is 8.45. The van der Waals surface area contributed by atoms with E-state index in [0.717, 1.165) is 4.47 Å². The lowest BCUT2D eigenvalue weighted by Gasteiger charge is -1.97. The van der Waals surface area contributed by atoms with Gasteiger partial charge in [0, 0.05) is 6.26 Å². The number of furan rings is 1. The summed E-state index contributed by atoms with van der Waals surface area (Å²) < 4.78 is 28.6.